The molecule has 0 fully saturated rings. The van der Waals surface area contributed by atoms with E-state index in [0.29, 0.717) is 0 Å². The molecule has 0 N–H and O–H groups in total. The van der Waals surface area contributed by atoms with Gasteiger partial charge in [-0.1, -0.05) is 36.6 Å². The third-order valence-electron chi connectivity index (χ3n) is 1.57. The first kappa shape index (κ1) is 5.88. The Hall–Kier alpha value is 0.130. The molecule has 1 unspecified atom stereocenters. The van der Waals surface area contributed by atoms with Gasteiger partial charge in [0, 0.05) is 4.47 Å². The summed E-state index contributed by atoms with van der Waals surface area (Å²) >= 11 is 3.50. The van der Waals surface area contributed by atoms with Crippen LogP contribution in [-0.2, 0) is 6.16 Å². The third-order valence-corrected chi connectivity index (χ3v) is 3.70. The van der Waals surface area contributed by atoms with E-state index in [9.17, 15) is 0 Å². The van der Waals surface area contributed by atoms with Gasteiger partial charge in [0.2, 0.25) is 0 Å². The summed E-state index contributed by atoms with van der Waals surface area (Å²) in [4.78, 5) is 0. The van der Waals surface area contributed by atoms with Crippen molar-refractivity contribution in [1.29, 1.82) is 0 Å². The van der Waals surface area contributed by atoms with Gasteiger partial charge in [0.25, 0.3) is 0 Å². The molecule has 0 nitrogen and oxygen atoms in total. The minimum Gasteiger partial charge on any atom is -0.0855 e. The van der Waals surface area contributed by atoms with Crippen LogP contribution in [0.1, 0.15) is 5.56 Å². The monoisotopic (exact) mass is 200 g/mol. The van der Waals surface area contributed by atoms with Gasteiger partial charge < -0.3 is 0 Å². The van der Waals surface area contributed by atoms with Crippen molar-refractivity contribution in [3.05, 3.63) is 28.2 Å². The summed E-state index contributed by atoms with van der Waals surface area (Å²) in [6, 6.07) is 6.43. The Morgan fingerprint density at radius 2 is 2.33 bits per heavy atom. The first-order chi connectivity index (χ1) is 4.38. The molecule has 1 aliphatic rings. The number of rotatable bonds is 0. The van der Waals surface area contributed by atoms with Gasteiger partial charge in [-0.3, -0.25) is 0 Å². The maximum Gasteiger partial charge on any atom is 0.0217 e. The Morgan fingerprint density at radius 3 is 2.78 bits per heavy atom. The fourth-order valence-electron chi connectivity index (χ4n) is 0.981. The molecule has 0 saturated carbocycles. The van der Waals surface area contributed by atoms with Crippen LogP contribution in [0.4, 0.5) is 0 Å². The van der Waals surface area contributed by atoms with E-state index in [0.717, 1.165) is 8.58 Å². The van der Waals surface area contributed by atoms with Crippen LogP contribution in [0.15, 0.2) is 22.7 Å². The normalized spacial score (nSPS) is 17.0. The van der Waals surface area contributed by atoms with Gasteiger partial charge in [-0.25, -0.2) is 0 Å². The molecule has 0 bridgehead atoms. The third kappa shape index (κ3) is 0.835. The molecule has 0 aromatic heterocycles. The summed E-state index contributed by atoms with van der Waals surface area (Å²) in [7, 11) is 1.06. The second kappa shape index (κ2) is 2.07. The fraction of sp³-hybridized carbons (Fsp3) is 0.143. The van der Waals surface area contributed by atoms with Gasteiger partial charge in [0.05, 0.1) is 0 Å². The second-order valence-electron chi connectivity index (χ2n) is 2.12. The molecule has 1 aliphatic heterocycles. The Labute approximate surface area is 64.6 Å². The van der Waals surface area contributed by atoms with Crippen molar-refractivity contribution in [2.45, 2.75) is 6.16 Å². The number of halogens is 1. The Bertz CT molecular complexity index is 230. The maximum atomic E-state index is 3.50. The molecule has 46 valence electrons. The quantitative estimate of drug-likeness (QED) is 0.564. The number of hydrogen-bond acceptors (Lipinski definition) is 0. The topological polar surface area (TPSA) is 0 Å². The molecule has 2 heteroatoms. The maximum absolute atomic E-state index is 3.50. The first-order valence-corrected chi connectivity index (χ1v) is 4.89. The molecule has 0 spiro atoms. The van der Waals surface area contributed by atoms with Crippen LogP contribution < -0.4 is 5.30 Å². The lowest BCUT2D eigenvalue weighted by molar-refractivity contribution is 1.37. The molecule has 0 saturated heterocycles. The highest BCUT2D eigenvalue weighted by molar-refractivity contribution is 9.10. The van der Waals surface area contributed by atoms with Crippen LogP contribution in [0.2, 0.25) is 0 Å². The van der Waals surface area contributed by atoms with Crippen molar-refractivity contribution >= 4 is 29.8 Å². The van der Waals surface area contributed by atoms with Gasteiger partial charge in [0.1, 0.15) is 0 Å². The van der Waals surface area contributed by atoms with Crippen molar-refractivity contribution < 1.29 is 0 Å². The average molecular weight is 201 g/mol. The van der Waals surface area contributed by atoms with E-state index in [2.05, 4.69) is 34.1 Å². The van der Waals surface area contributed by atoms with Crippen LogP contribution in [0.3, 0.4) is 0 Å². The van der Waals surface area contributed by atoms with Crippen molar-refractivity contribution in [3.63, 3.8) is 0 Å². The summed E-state index contributed by atoms with van der Waals surface area (Å²) in [6.07, 6.45) is 1.29. The standard InChI is InChI=1S/C7H6BrP/c8-6-2-1-3-7-5(6)4-9-7/h1-3,9H,4H2. The summed E-state index contributed by atoms with van der Waals surface area (Å²) < 4.78 is 1.29. The van der Waals surface area contributed by atoms with Gasteiger partial charge >= 0.3 is 0 Å². The highest BCUT2D eigenvalue weighted by Gasteiger charge is 2.13. The Balaban J connectivity index is 2.64. The highest BCUT2D eigenvalue weighted by Crippen LogP contribution is 2.34. The molecule has 1 heterocycles. The largest absolute Gasteiger partial charge is 0.0855 e. The molecular formula is C7H6BrP. The van der Waals surface area contributed by atoms with Crippen LogP contribution >= 0.6 is 24.5 Å². The van der Waals surface area contributed by atoms with E-state index in [1.807, 2.05) is 0 Å². The smallest absolute Gasteiger partial charge is 0.0217 e. The Kier molecular flexibility index (Phi) is 1.35. The van der Waals surface area contributed by atoms with Crippen molar-refractivity contribution in [1.82, 2.24) is 0 Å². The SMILES string of the molecule is Brc1cccc2c1CP2. The van der Waals surface area contributed by atoms with E-state index < -0.39 is 0 Å². The molecule has 0 aliphatic carbocycles. The predicted molar refractivity (Wildman–Crippen MR) is 45.8 cm³/mol. The lowest BCUT2D eigenvalue weighted by atomic mass is 10.2. The number of hydrogen-bond donors (Lipinski definition) is 0. The molecule has 1 atom stereocenters. The molecule has 0 radical (unpaired) electrons. The van der Waals surface area contributed by atoms with Crippen molar-refractivity contribution in [2.24, 2.45) is 0 Å². The molecule has 1 aromatic carbocycles. The Morgan fingerprint density at radius 1 is 1.44 bits per heavy atom. The van der Waals surface area contributed by atoms with Gasteiger partial charge in [-0.05, 0) is 23.1 Å². The lowest BCUT2D eigenvalue weighted by Gasteiger charge is -2.19. The van der Waals surface area contributed by atoms with E-state index in [-0.39, 0.29) is 0 Å². The summed E-state index contributed by atoms with van der Waals surface area (Å²) in [6.45, 7) is 0. The minimum absolute atomic E-state index is 1.06. The zero-order valence-electron chi connectivity index (χ0n) is 4.82. The zero-order chi connectivity index (χ0) is 6.27. The van der Waals surface area contributed by atoms with Crippen molar-refractivity contribution in [3.8, 4) is 0 Å². The number of fused-ring (bicyclic) bond motifs is 1. The first-order valence-electron chi connectivity index (χ1n) is 2.89. The van der Waals surface area contributed by atoms with Gasteiger partial charge in [0.15, 0.2) is 0 Å². The zero-order valence-corrected chi connectivity index (χ0v) is 7.40. The summed E-state index contributed by atoms with van der Waals surface area (Å²) in [5.74, 6) is 0. The molecule has 2 rings (SSSR count). The van der Waals surface area contributed by atoms with Crippen LogP contribution in [0.25, 0.3) is 0 Å². The van der Waals surface area contributed by atoms with E-state index >= 15 is 0 Å². The fourth-order valence-corrected chi connectivity index (χ4v) is 3.03. The average Bonchev–Trinajstić information content (AvgIpc) is 1.74. The summed E-state index contributed by atoms with van der Waals surface area (Å²) in [5.41, 5.74) is 1.52. The van der Waals surface area contributed by atoms with Gasteiger partial charge in [-0.2, -0.15) is 0 Å². The van der Waals surface area contributed by atoms with Crippen molar-refractivity contribution in [2.75, 3.05) is 0 Å². The van der Waals surface area contributed by atoms with Crippen LogP contribution in [-0.4, -0.2) is 0 Å². The van der Waals surface area contributed by atoms with E-state index in [4.69, 9.17) is 0 Å². The van der Waals surface area contributed by atoms with E-state index in [1.165, 1.54) is 16.2 Å². The molecule has 0 amide bonds. The second-order valence-corrected chi connectivity index (χ2v) is 4.22. The minimum atomic E-state index is 1.06. The molecule has 9 heavy (non-hydrogen) atoms. The lowest BCUT2D eigenvalue weighted by Crippen LogP contribution is -2.12. The molecule has 1 aromatic rings. The number of benzene rings is 1. The highest BCUT2D eigenvalue weighted by atomic mass is 79.9. The van der Waals surface area contributed by atoms with Crippen LogP contribution in [0.5, 0.6) is 0 Å². The predicted octanol–water partition coefficient (Wildman–Crippen LogP) is 2.27. The molecular weight excluding hydrogens is 195 g/mol. The van der Waals surface area contributed by atoms with Crippen LogP contribution in [0, 0.1) is 0 Å². The van der Waals surface area contributed by atoms with E-state index in [1.54, 1.807) is 5.30 Å². The van der Waals surface area contributed by atoms with Gasteiger partial charge in [-0.15, -0.1) is 0 Å². The summed E-state index contributed by atoms with van der Waals surface area (Å²) in [5, 5.41) is 1.55.